The van der Waals surface area contributed by atoms with Crippen LogP contribution >= 0.6 is 0 Å². The summed E-state index contributed by atoms with van der Waals surface area (Å²) in [4.78, 5) is 6.85. The van der Waals surface area contributed by atoms with Gasteiger partial charge in [-0.15, -0.1) is 0 Å². The molecule has 1 aromatic rings. The van der Waals surface area contributed by atoms with E-state index in [9.17, 15) is 25.3 Å². The molecule has 0 saturated carbocycles. The fourth-order valence-electron chi connectivity index (χ4n) is 3.50. The fraction of sp³-hybridized carbons (Fsp3) is 0.688. The average molecular weight is 484 g/mol. The number of anilines is 2. The first-order chi connectivity index (χ1) is 13.8. The van der Waals surface area contributed by atoms with Crippen molar-refractivity contribution in [1.82, 2.24) is 4.98 Å². The van der Waals surface area contributed by atoms with Crippen LogP contribution in [0.2, 0.25) is 0 Å². The number of aromatic nitrogens is 1. The molecule has 0 atom stereocenters. The van der Waals surface area contributed by atoms with Gasteiger partial charge in [0.2, 0.25) is 0 Å². The van der Waals surface area contributed by atoms with Crippen LogP contribution in [0.4, 0.5) is 11.4 Å². The molecular weight excluding hydrogens is 458 g/mol. The number of rotatable bonds is 5. The summed E-state index contributed by atoms with van der Waals surface area (Å²) in [5, 5.41) is -1.13. The molecule has 0 aliphatic carbocycles. The lowest BCUT2D eigenvalue weighted by Crippen LogP contribution is -2.41. The predicted molar refractivity (Wildman–Crippen MR) is 110 cm³/mol. The fourth-order valence-corrected chi connectivity index (χ4v) is 6.52. The van der Waals surface area contributed by atoms with E-state index in [0.29, 0.717) is 0 Å². The van der Waals surface area contributed by atoms with Crippen LogP contribution in [-0.2, 0) is 39.0 Å². The average Bonchev–Trinajstić information content (AvgIpc) is 2.65. The molecule has 3 rings (SSSR count). The van der Waals surface area contributed by atoms with Gasteiger partial charge in [0.05, 0.1) is 37.8 Å². The molecule has 0 aromatic carbocycles. The molecule has 2 aliphatic rings. The van der Waals surface area contributed by atoms with E-state index >= 15 is 0 Å². The Hall–Kier alpha value is -1.48. The summed E-state index contributed by atoms with van der Waals surface area (Å²) < 4.78 is 87.0. The van der Waals surface area contributed by atoms with Crippen LogP contribution in [0, 0.1) is 0 Å². The van der Waals surface area contributed by atoms with Crippen molar-refractivity contribution in [3.8, 4) is 0 Å². The molecular formula is C16H25N3O8S3. The Bertz CT molecular complexity index is 1060. The highest BCUT2D eigenvalue weighted by Crippen LogP contribution is 2.42. The van der Waals surface area contributed by atoms with Crippen LogP contribution in [0.1, 0.15) is 0 Å². The van der Waals surface area contributed by atoms with Gasteiger partial charge in [-0.2, -0.15) is 0 Å². The maximum atomic E-state index is 13.0. The molecule has 11 nitrogen and oxygen atoms in total. The van der Waals surface area contributed by atoms with Gasteiger partial charge in [-0.05, 0) is 0 Å². The maximum absolute atomic E-state index is 13.0. The lowest BCUT2D eigenvalue weighted by molar-refractivity contribution is 0.121. The van der Waals surface area contributed by atoms with E-state index in [0.717, 1.165) is 18.8 Å². The van der Waals surface area contributed by atoms with Crippen LogP contribution < -0.4 is 9.80 Å². The SMILES string of the molecule is CS(=O)(=O)c1nc(S(C)(=O)=O)c(N2CCOCC2)c(S(C)(=O)=O)c1N1CCOCC1. The first kappa shape index (κ1) is 23.2. The van der Waals surface area contributed by atoms with E-state index in [1.165, 1.54) is 0 Å². The van der Waals surface area contributed by atoms with E-state index in [4.69, 9.17) is 9.47 Å². The van der Waals surface area contributed by atoms with Gasteiger partial charge in [0, 0.05) is 44.9 Å². The Labute approximate surface area is 176 Å². The van der Waals surface area contributed by atoms with Gasteiger partial charge in [-0.25, -0.2) is 30.2 Å². The second-order valence-corrected chi connectivity index (χ2v) is 13.1. The quantitative estimate of drug-likeness (QED) is 0.507. The van der Waals surface area contributed by atoms with Crippen LogP contribution in [-0.4, -0.2) is 102 Å². The molecule has 1 aromatic heterocycles. The van der Waals surface area contributed by atoms with Crippen molar-refractivity contribution in [1.29, 1.82) is 0 Å². The molecule has 30 heavy (non-hydrogen) atoms. The summed E-state index contributed by atoms with van der Waals surface area (Å²) in [6.07, 6.45) is 2.70. The summed E-state index contributed by atoms with van der Waals surface area (Å²) >= 11 is 0. The molecule has 0 N–H and O–H groups in total. The smallest absolute Gasteiger partial charge is 0.194 e. The number of ether oxygens (including phenoxy) is 2. The second kappa shape index (κ2) is 8.22. The summed E-state index contributed by atoms with van der Waals surface area (Å²) in [6.45, 7) is 2.06. The first-order valence-electron chi connectivity index (χ1n) is 9.15. The Balaban J connectivity index is 2.51. The van der Waals surface area contributed by atoms with E-state index in [1.54, 1.807) is 9.80 Å². The van der Waals surface area contributed by atoms with E-state index in [1.807, 2.05) is 0 Å². The van der Waals surface area contributed by atoms with Crippen molar-refractivity contribution in [3.63, 3.8) is 0 Å². The normalized spacial score (nSPS) is 19.2. The molecule has 0 unspecified atom stereocenters. The number of hydrogen-bond donors (Lipinski definition) is 0. The van der Waals surface area contributed by atoms with Crippen molar-refractivity contribution >= 4 is 40.9 Å². The highest BCUT2D eigenvalue weighted by molar-refractivity contribution is 7.92. The molecule has 2 saturated heterocycles. The highest BCUT2D eigenvalue weighted by Gasteiger charge is 2.38. The molecule has 0 amide bonds. The number of morpholine rings is 2. The molecule has 3 heterocycles. The second-order valence-electron chi connectivity index (χ2n) is 7.26. The Morgan fingerprint density at radius 2 is 0.967 bits per heavy atom. The van der Waals surface area contributed by atoms with E-state index in [2.05, 4.69) is 4.98 Å². The molecule has 0 bridgehead atoms. The number of hydrogen-bond acceptors (Lipinski definition) is 11. The third-order valence-electron chi connectivity index (χ3n) is 4.77. The zero-order valence-corrected chi connectivity index (χ0v) is 19.4. The van der Waals surface area contributed by atoms with Crippen LogP contribution in [0.25, 0.3) is 0 Å². The number of nitrogens with zero attached hydrogens (tertiary/aromatic N) is 3. The standard InChI is InChI=1S/C16H25N3O8S3/c1-28(20,21)14-12(18-4-8-26-9-5-18)15(29(2,22)23)17-16(30(3,24)25)13(14)19-6-10-27-11-7-19/h4-11H2,1-3H3. The van der Waals surface area contributed by atoms with Gasteiger partial charge >= 0.3 is 0 Å². The third kappa shape index (κ3) is 4.72. The Morgan fingerprint density at radius 1 is 0.633 bits per heavy atom. The summed E-state index contributed by atoms with van der Waals surface area (Å²) in [5.41, 5.74) is -0.200. The lowest BCUT2D eigenvalue weighted by Gasteiger charge is -2.36. The van der Waals surface area contributed by atoms with E-state index in [-0.39, 0.29) is 68.9 Å². The summed E-state index contributed by atoms with van der Waals surface area (Å²) in [7, 11) is -12.2. The zero-order valence-electron chi connectivity index (χ0n) is 17.0. The monoisotopic (exact) mass is 483 g/mol. The van der Waals surface area contributed by atoms with Gasteiger partial charge in [-0.3, -0.25) is 0 Å². The zero-order chi connectivity index (χ0) is 22.3. The van der Waals surface area contributed by atoms with Crippen molar-refractivity contribution in [2.75, 3.05) is 81.2 Å². The minimum absolute atomic E-state index is 0.0998. The van der Waals surface area contributed by atoms with Gasteiger partial charge in [-0.1, -0.05) is 0 Å². The molecule has 170 valence electrons. The van der Waals surface area contributed by atoms with Crippen molar-refractivity contribution < 1.29 is 34.7 Å². The topological polar surface area (TPSA) is 140 Å². The molecule has 14 heteroatoms. The van der Waals surface area contributed by atoms with Gasteiger partial charge in [0.1, 0.15) is 4.90 Å². The molecule has 2 fully saturated rings. The van der Waals surface area contributed by atoms with Gasteiger partial charge < -0.3 is 19.3 Å². The van der Waals surface area contributed by atoms with Crippen molar-refractivity contribution in [3.05, 3.63) is 0 Å². The molecule has 2 aliphatic heterocycles. The maximum Gasteiger partial charge on any atom is 0.194 e. The minimum Gasteiger partial charge on any atom is -0.378 e. The van der Waals surface area contributed by atoms with E-state index < -0.39 is 39.6 Å². The molecule has 0 spiro atoms. The Morgan fingerprint density at radius 3 is 1.23 bits per heavy atom. The number of pyridine rings is 1. The first-order valence-corrected chi connectivity index (χ1v) is 14.8. The van der Waals surface area contributed by atoms with Crippen molar-refractivity contribution in [2.45, 2.75) is 14.9 Å². The highest BCUT2D eigenvalue weighted by atomic mass is 32.2. The third-order valence-corrected chi connectivity index (χ3v) is 7.87. The van der Waals surface area contributed by atoms with Crippen LogP contribution in [0.5, 0.6) is 0 Å². The van der Waals surface area contributed by atoms with Crippen molar-refractivity contribution in [2.24, 2.45) is 0 Å². The van der Waals surface area contributed by atoms with Gasteiger partial charge in [0.25, 0.3) is 0 Å². The predicted octanol–water partition coefficient (Wildman–Crippen LogP) is -1.03. The lowest BCUT2D eigenvalue weighted by atomic mass is 10.2. The van der Waals surface area contributed by atoms with Crippen LogP contribution in [0.15, 0.2) is 14.9 Å². The van der Waals surface area contributed by atoms with Gasteiger partial charge in [0.15, 0.2) is 39.6 Å². The van der Waals surface area contributed by atoms with Crippen LogP contribution in [0.3, 0.4) is 0 Å². The minimum atomic E-state index is -4.06. The number of sulfone groups is 3. The summed E-state index contributed by atoms with van der Waals surface area (Å²) in [5.74, 6) is 0. The largest absolute Gasteiger partial charge is 0.378 e. The summed E-state index contributed by atoms with van der Waals surface area (Å²) in [6, 6.07) is 0. The molecule has 0 radical (unpaired) electrons. The Kier molecular flexibility index (Phi) is 6.35.